The second-order valence-corrected chi connectivity index (χ2v) is 7.03. The number of carbonyl (C=O) groups excluding carboxylic acids is 1. The largest absolute Gasteiger partial charge is 0.454 e. The van der Waals surface area contributed by atoms with Gasteiger partial charge in [0.15, 0.2) is 11.5 Å². The quantitative estimate of drug-likeness (QED) is 0.741. The van der Waals surface area contributed by atoms with E-state index in [0.29, 0.717) is 16.5 Å². The van der Waals surface area contributed by atoms with Gasteiger partial charge < -0.3 is 14.4 Å². The number of carbonyl (C=O) groups is 1. The number of ether oxygens (including phenoxy) is 2. The summed E-state index contributed by atoms with van der Waals surface area (Å²) in [6, 6.07) is 12.1. The molecule has 4 rings (SSSR count). The molecule has 0 saturated heterocycles. The molecule has 2 aromatic carbocycles. The van der Waals surface area contributed by atoms with Crippen molar-refractivity contribution in [1.82, 2.24) is 4.90 Å². The normalized spacial score (nSPS) is 18.0. The second kappa shape index (κ2) is 7.04. The van der Waals surface area contributed by atoms with E-state index in [-0.39, 0.29) is 18.7 Å². The molecule has 0 N–H and O–H groups in total. The van der Waals surface area contributed by atoms with Crippen LogP contribution in [0.2, 0.25) is 5.02 Å². The first-order valence-corrected chi connectivity index (χ1v) is 9.13. The summed E-state index contributed by atoms with van der Waals surface area (Å²) in [6.45, 7) is 0.172. The number of rotatable bonds is 3. The Morgan fingerprint density at radius 2 is 2.12 bits per heavy atom. The van der Waals surface area contributed by atoms with Crippen LogP contribution in [0.5, 0.6) is 11.5 Å². The molecule has 0 radical (unpaired) electrons. The van der Waals surface area contributed by atoms with Gasteiger partial charge in [0.25, 0.3) is 0 Å². The van der Waals surface area contributed by atoms with E-state index < -0.39 is 0 Å². The van der Waals surface area contributed by atoms with Crippen molar-refractivity contribution in [3.8, 4) is 11.5 Å². The lowest BCUT2D eigenvalue weighted by Gasteiger charge is -2.32. The van der Waals surface area contributed by atoms with Crippen LogP contribution >= 0.6 is 11.6 Å². The minimum atomic E-state index is -0.0273. The van der Waals surface area contributed by atoms with Crippen LogP contribution in [0.1, 0.15) is 35.6 Å². The molecule has 0 aromatic heterocycles. The van der Waals surface area contributed by atoms with Crippen molar-refractivity contribution >= 4 is 23.6 Å². The molecule has 1 aliphatic heterocycles. The van der Waals surface area contributed by atoms with Crippen LogP contribution in [-0.2, 0) is 11.2 Å². The van der Waals surface area contributed by atoms with Gasteiger partial charge in [0, 0.05) is 13.1 Å². The zero-order chi connectivity index (χ0) is 18.1. The number of hydrogen-bond acceptors (Lipinski definition) is 3. The molecule has 1 aliphatic carbocycles. The third-order valence-electron chi connectivity index (χ3n) is 5.02. The lowest BCUT2D eigenvalue weighted by molar-refractivity contribution is -0.127. The van der Waals surface area contributed by atoms with E-state index in [1.54, 1.807) is 18.2 Å². The van der Waals surface area contributed by atoms with Crippen LogP contribution in [0.15, 0.2) is 42.5 Å². The van der Waals surface area contributed by atoms with Crippen molar-refractivity contribution in [2.24, 2.45) is 0 Å². The van der Waals surface area contributed by atoms with E-state index >= 15 is 0 Å². The summed E-state index contributed by atoms with van der Waals surface area (Å²) in [5.74, 6) is 1.14. The lowest BCUT2D eigenvalue weighted by Crippen LogP contribution is -2.32. The maximum Gasteiger partial charge on any atom is 0.246 e. The van der Waals surface area contributed by atoms with E-state index in [9.17, 15) is 4.79 Å². The predicted molar refractivity (Wildman–Crippen MR) is 102 cm³/mol. The highest BCUT2D eigenvalue weighted by Gasteiger charge is 2.25. The SMILES string of the molecule is CN(C(=O)C=Cc1cc(Cl)c2c(c1)OCO2)C1CCCc2ccccc21. The first-order chi connectivity index (χ1) is 12.6. The molecule has 134 valence electrons. The standard InChI is InChI=1S/C21H20ClNO3/c1-23(18-8-4-6-15-5-2-3-7-16(15)18)20(24)10-9-14-11-17(22)21-19(12-14)25-13-26-21/h2-3,5,7,9-12,18H,4,6,8,13H2,1H3. The number of aryl methyl sites for hydroxylation is 1. The number of benzene rings is 2. The van der Waals surface area contributed by atoms with Gasteiger partial charge in [-0.3, -0.25) is 4.79 Å². The Labute approximate surface area is 158 Å². The summed E-state index contributed by atoms with van der Waals surface area (Å²) in [5.41, 5.74) is 3.41. The molecule has 2 aliphatic rings. The summed E-state index contributed by atoms with van der Waals surface area (Å²) in [4.78, 5) is 14.5. The molecule has 4 nitrogen and oxygen atoms in total. The number of amides is 1. The predicted octanol–water partition coefficient (Wildman–Crippen LogP) is 4.62. The van der Waals surface area contributed by atoms with Crippen molar-refractivity contribution in [2.45, 2.75) is 25.3 Å². The number of fused-ring (bicyclic) bond motifs is 2. The van der Waals surface area contributed by atoms with Gasteiger partial charge in [-0.2, -0.15) is 0 Å². The molecule has 1 unspecified atom stereocenters. The maximum atomic E-state index is 12.7. The van der Waals surface area contributed by atoms with Crippen molar-refractivity contribution < 1.29 is 14.3 Å². The van der Waals surface area contributed by atoms with Gasteiger partial charge in [-0.05, 0) is 54.2 Å². The summed E-state index contributed by atoms with van der Waals surface area (Å²) in [6.07, 6.45) is 6.52. The van der Waals surface area contributed by atoms with E-state index in [1.807, 2.05) is 24.1 Å². The molecule has 0 spiro atoms. The van der Waals surface area contributed by atoms with Crippen LogP contribution in [0, 0.1) is 0 Å². The fourth-order valence-electron chi connectivity index (χ4n) is 3.65. The molecule has 0 bridgehead atoms. The molecular weight excluding hydrogens is 350 g/mol. The van der Waals surface area contributed by atoms with Crippen molar-refractivity contribution in [1.29, 1.82) is 0 Å². The summed E-state index contributed by atoms with van der Waals surface area (Å²) < 4.78 is 10.7. The van der Waals surface area contributed by atoms with Gasteiger partial charge in [-0.1, -0.05) is 35.9 Å². The molecule has 2 aromatic rings. The van der Waals surface area contributed by atoms with E-state index in [1.165, 1.54) is 11.1 Å². The Balaban J connectivity index is 1.52. The zero-order valence-corrected chi connectivity index (χ0v) is 15.3. The third-order valence-corrected chi connectivity index (χ3v) is 5.30. The average Bonchev–Trinajstić information content (AvgIpc) is 3.14. The number of nitrogens with zero attached hydrogens (tertiary/aromatic N) is 1. The highest BCUT2D eigenvalue weighted by atomic mass is 35.5. The van der Waals surface area contributed by atoms with Gasteiger partial charge in [0.05, 0.1) is 11.1 Å². The lowest BCUT2D eigenvalue weighted by atomic mass is 9.87. The number of hydrogen-bond donors (Lipinski definition) is 0. The molecule has 0 fully saturated rings. The fraction of sp³-hybridized carbons (Fsp3) is 0.286. The van der Waals surface area contributed by atoms with Crippen molar-refractivity contribution in [2.75, 3.05) is 13.8 Å². The van der Waals surface area contributed by atoms with Crippen LogP contribution in [0.4, 0.5) is 0 Å². The van der Waals surface area contributed by atoms with Gasteiger partial charge in [0.1, 0.15) is 0 Å². The summed E-state index contributed by atoms with van der Waals surface area (Å²) in [5, 5.41) is 0.488. The molecule has 0 saturated carbocycles. The highest BCUT2D eigenvalue weighted by molar-refractivity contribution is 6.32. The third kappa shape index (κ3) is 3.17. The van der Waals surface area contributed by atoms with Gasteiger partial charge in [-0.15, -0.1) is 0 Å². The Morgan fingerprint density at radius 3 is 3.00 bits per heavy atom. The van der Waals surface area contributed by atoms with Gasteiger partial charge in [-0.25, -0.2) is 0 Å². The Morgan fingerprint density at radius 1 is 1.27 bits per heavy atom. The van der Waals surface area contributed by atoms with Crippen LogP contribution in [-0.4, -0.2) is 24.6 Å². The molecular formula is C21H20ClNO3. The van der Waals surface area contributed by atoms with E-state index in [0.717, 1.165) is 24.8 Å². The first kappa shape index (κ1) is 17.0. The van der Waals surface area contributed by atoms with Crippen LogP contribution in [0.3, 0.4) is 0 Å². The monoisotopic (exact) mass is 369 g/mol. The van der Waals surface area contributed by atoms with E-state index in [2.05, 4.69) is 18.2 Å². The maximum absolute atomic E-state index is 12.7. The fourth-order valence-corrected chi connectivity index (χ4v) is 3.93. The minimum absolute atomic E-state index is 0.0273. The smallest absolute Gasteiger partial charge is 0.246 e. The van der Waals surface area contributed by atoms with E-state index in [4.69, 9.17) is 21.1 Å². The molecule has 26 heavy (non-hydrogen) atoms. The zero-order valence-electron chi connectivity index (χ0n) is 14.6. The Kier molecular flexibility index (Phi) is 4.60. The molecule has 1 amide bonds. The van der Waals surface area contributed by atoms with Crippen LogP contribution in [0.25, 0.3) is 6.08 Å². The van der Waals surface area contributed by atoms with Crippen molar-refractivity contribution in [3.63, 3.8) is 0 Å². The first-order valence-electron chi connectivity index (χ1n) is 8.75. The van der Waals surface area contributed by atoms with Gasteiger partial charge >= 0.3 is 0 Å². The minimum Gasteiger partial charge on any atom is -0.454 e. The summed E-state index contributed by atoms with van der Waals surface area (Å²) in [7, 11) is 1.87. The average molecular weight is 370 g/mol. The Bertz CT molecular complexity index is 878. The highest BCUT2D eigenvalue weighted by Crippen LogP contribution is 2.40. The topological polar surface area (TPSA) is 38.8 Å². The number of halogens is 1. The number of likely N-dealkylation sites (N-methyl/N-ethyl adjacent to an activating group) is 1. The summed E-state index contributed by atoms with van der Waals surface area (Å²) >= 11 is 6.20. The second-order valence-electron chi connectivity index (χ2n) is 6.63. The molecule has 1 atom stereocenters. The van der Waals surface area contributed by atoms with Gasteiger partial charge in [0.2, 0.25) is 12.7 Å². The molecule has 1 heterocycles. The van der Waals surface area contributed by atoms with Crippen LogP contribution < -0.4 is 9.47 Å². The molecule has 5 heteroatoms. The Hall–Kier alpha value is -2.46. The van der Waals surface area contributed by atoms with Crippen molar-refractivity contribution in [3.05, 3.63) is 64.2 Å².